The van der Waals surface area contributed by atoms with Gasteiger partial charge >= 0.3 is 12.0 Å². The van der Waals surface area contributed by atoms with E-state index in [0.29, 0.717) is 6.54 Å². The van der Waals surface area contributed by atoms with Crippen LogP contribution >= 0.6 is 0 Å². The first-order valence-corrected chi connectivity index (χ1v) is 3.64. The highest BCUT2D eigenvalue weighted by molar-refractivity contribution is 5.86. The van der Waals surface area contributed by atoms with Gasteiger partial charge in [-0.25, -0.2) is 9.78 Å². The van der Waals surface area contributed by atoms with E-state index in [1.807, 2.05) is 6.07 Å². The number of aromatic nitrogens is 1. The molecule has 0 bridgehead atoms. The van der Waals surface area contributed by atoms with Gasteiger partial charge in [0.1, 0.15) is 6.26 Å². The molecule has 68 valence electrons. The largest absolute Gasteiger partial charge is 0.432 e. The van der Waals surface area contributed by atoms with Gasteiger partial charge in [0.2, 0.25) is 0 Å². The number of oxazole rings is 1. The predicted molar refractivity (Wildman–Crippen MR) is 43.8 cm³/mol. The average Bonchev–Trinajstić information content (AvgIpc) is 2.57. The molecule has 0 fully saturated rings. The number of urea groups is 1. The Labute approximate surface area is 74.6 Å². The minimum Gasteiger partial charge on any atom is -0.432 e. The number of carbonyl (C=O) groups is 1. The molecule has 2 amide bonds. The van der Waals surface area contributed by atoms with E-state index in [2.05, 4.69) is 15.6 Å². The third-order valence-electron chi connectivity index (χ3n) is 1.18. The highest BCUT2D eigenvalue weighted by atomic mass is 16.4. The van der Waals surface area contributed by atoms with E-state index in [1.165, 1.54) is 12.5 Å². The number of carbonyl (C=O) groups excluding carboxylic acids is 1. The molecule has 13 heavy (non-hydrogen) atoms. The monoisotopic (exact) mass is 180 g/mol. The highest BCUT2D eigenvalue weighted by Gasteiger charge is 2.02. The van der Waals surface area contributed by atoms with E-state index in [4.69, 9.17) is 9.68 Å². The van der Waals surface area contributed by atoms with Crippen molar-refractivity contribution in [3.8, 4) is 6.07 Å². The van der Waals surface area contributed by atoms with Crippen molar-refractivity contribution in [3.63, 3.8) is 0 Å². The zero-order valence-corrected chi connectivity index (χ0v) is 6.78. The van der Waals surface area contributed by atoms with Crippen LogP contribution in [0, 0.1) is 11.3 Å². The first-order valence-electron chi connectivity index (χ1n) is 3.64. The molecule has 1 rings (SSSR count). The Hall–Kier alpha value is -2.03. The second-order valence-electron chi connectivity index (χ2n) is 2.13. The van der Waals surface area contributed by atoms with Gasteiger partial charge in [0.15, 0.2) is 0 Å². The lowest BCUT2D eigenvalue weighted by atomic mass is 10.5. The number of nitriles is 1. The number of hydrogen-bond acceptors (Lipinski definition) is 4. The minimum absolute atomic E-state index is 0.134. The first-order chi connectivity index (χ1) is 6.33. The van der Waals surface area contributed by atoms with Gasteiger partial charge in [-0.3, -0.25) is 5.32 Å². The van der Waals surface area contributed by atoms with E-state index >= 15 is 0 Å². The van der Waals surface area contributed by atoms with E-state index in [0.717, 1.165) is 0 Å². The lowest BCUT2D eigenvalue weighted by molar-refractivity contribution is 0.251. The van der Waals surface area contributed by atoms with Gasteiger partial charge in [-0.1, -0.05) is 0 Å². The van der Waals surface area contributed by atoms with Gasteiger partial charge in [-0.2, -0.15) is 5.26 Å². The fraction of sp³-hybridized carbons (Fsp3) is 0.286. The van der Waals surface area contributed by atoms with Crippen molar-refractivity contribution in [2.24, 2.45) is 0 Å². The summed E-state index contributed by atoms with van der Waals surface area (Å²) in [4.78, 5) is 14.6. The van der Waals surface area contributed by atoms with Crippen LogP contribution in [-0.2, 0) is 0 Å². The predicted octanol–water partition coefficient (Wildman–Crippen LogP) is 0.710. The topological polar surface area (TPSA) is 91.0 Å². The molecule has 0 aliphatic heterocycles. The van der Waals surface area contributed by atoms with E-state index in [9.17, 15) is 4.79 Å². The summed E-state index contributed by atoms with van der Waals surface area (Å²) in [6.45, 7) is 0.309. The van der Waals surface area contributed by atoms with Crippen LogP contribution < -0.4 is 10.6 Å². The van der Waals surface area contributed by atoms with Gasteiger partial charge in [0.25, 0.3) is 0 Å². The van der Waals surface area contributed by atoms with Crippen LogP contribution in [0.1, 0.15) is 6.42 Å². The molecule has 2 N–H and O–H groups in total. The van der Waals surface area contributed by atoms with Crippen molar-refractivity contribution in [2.45, 2.75) is 6.42 Å². The highest BCUT2D eigenvalue weighted by Crippen LogP contribution is 1.99. The molecule has 0 aliphatic rings. The van der Waals surface area contributed by atoms with Crippen molar-refractivity contribution in [1.29, 1.82) is 5.26 Å². The molecule has 0 unspecified atom stereocenters. The molecule has 0 radical (unpaired) electrons. The maximum Gasteiger partial charge on any atom is 0.322 e. The van der Waals surface area contributed by atoms with Crippen molar-refractivity contribution >= 4 is 12.0 Å². The molecule has 6 heteroatoms. The number of hydrogen-bond donors (Lipinski definition) is 2. The van der Waals surface area contributed by atoms with Crippen molar-refractivity contribution < 1.29 is 9.21 Å². The van der Waals surface area contributed by atoms with E-state index in [-0.39, 0.29) is 12.4 Å². The number of anilines is 1. The molecule has 0 saturated carbocycles. The molecule has 0 spiro atoms. The van der Waals surface area contributed by atoms with Crippen molar-refractivity contribution in [1.82, 2.24) is 10.3 Å². The summed E-state index contributed by atoms with van der Waals surface area (Å²) in [5.74, 6) is 0. The first kappa shape index (κ1) is 9.06. The molecule has 0 saturated heterocycles. The molecule has 0 atom stereocenters. The fourth-order valence-corrected chi connectivity index (χ4v) is 0.658. The van der Waals surface area contributed by atoms with Gasteiger partial charge in [0.05, 0.1) is 18.7 Å². The zero-order chi connectivity index (χ0) is 9.52. The number of amides is 2. The lowest BCUT2D eigenvalue weighted by Gasteiger charge is -2.00. The van der Waals surface area contributed by atoms with E-state index in [1.54, 1.807) is 0 Å². The maximum atomic E-state index is 11.0. The third kappa shape index (κ3) is 3.25. The number of nitrogens with zero attached hydrogens (tertiary/aromatic N) is 2. The molecule has 0 aliphatic carbocycles. The summed E-state index contributed by atoms with van der Waals surface area (Å²) in [5.41, 5.74) is 0. The van der Waals surface area contributed by atoms with Crippen LogP contribution in [-0.4, -0.2) is 17.6 Å². The molecule has 1 aromatic rings. The lowest BCUT2D eigenvalue weighted by Crippen LogP contribution is -2.29. The Morgan fingerprint density at radius 3 is 3.23 bits per heavy atom. The van der Waals surface area contributed by atoms with Crippen LogP contribution in [0.3, 0.4) is 0 Å². The normalized spacial score (nSPS) is 8.85. The second-order valence-corrected chi connectivity index (χ2v) is 2.13. The van der Waals surface area contributed by atoms with Gasteiger partial charge in [-0.15, -0.1) is 0 Å². The average molecular weight is 180 g/mol. The quantitative estimate of drug-likeness (QED) is 0.670. The third-order valence-corrected chi connectivity index (χ3v) is 1.18. The Kier molecular flexibility index (Phi) is 3.32. The molecule has 1 heterocycles. The van der Waals surface area contributed by atoms with Gasteiger partial charge in [0, 0.05) is 6.54 Å². The molecule has 6 nitrogen and oxygen atoms in total. The van der Waals surface area contributed by atoms with Gasteiger partial charge < -0.3 is 9.73 Å². The fourth-order valence-electron chi connectivity index (χ4n) is 0.658. The SMILES string of the molecule is N#CCCNC(=O)Nc1ncco1. The molecule has 1 aromatic heterocycles. The molecular weight excluding hydrogens is 172 g/mol. The Morgan fingerprint density at radius 2 is 2.62 bits per heavy atom. The van der Waals surface area contributed by atoms with Crippen molar-refractivity contribution in [3.05, 3.63) is 12.5 Å². The second kappa shape index (κ2) is 4.77. The Bertz CT molecular complexity index is 301. The number of rotatable bonds is 3. The summed E-state index contributed by atoms with van der Waals surface area (Å²) >= 11 is 0. The zero-order valence-electron chi connectivity index (χ0n) is 6.78. The molecular formula is C7H8N4O2. The van der Waals surface area contributed by atoms with E-state index < -0.39 is 6.03 Å². The summed E-state index contributed by atoms with van der Waals surface area (Å²) in [5, 5.41) is 13.0. The Balaban J connectivity index is 2.23. The van der Waals surface area contributed by atoms with Crippen LogP contribution in [0.25, 0.3) is 0 Å². The summed E-state index contributed by atoms with van der Waals surface area (Å²) in [6.07, 6.45) is 3.05. The number of nitrogens with one attached hydrogen (secondary N) is 2. The molecule has 0 aromatic carbocycles. The van der Waals surface area contributed by atoms with Crippen LogP contribution in [0.5, 0.6) is 0 Å². The summed E-state index contributed by atoms with van der Waals surface area (Å²) < 4.78 is 4.76. The standard InChI is InChI=1S/C7H8N4O2/c8-2-1-3-9-6(12)11-7-10-4-5-13-7/h4-5H,1,3H2,(H2,9,10,11,12). The smallest absolute Gasteiger partial charge is 0.322 e. The minimum atomic E-state index is -0.433. The van der Waals surface area contributed by atoms with Crippen molar-refractivity contribution in [2.75, 3.05) is 11.9 Å². The van der Waals surface area contributed by atoms with Crippen LogP contribution in [0.4, 0.5) is 10.8 Å². The summed E-state index contributed by atoms with van der Waals surface area (Å²) in [6, 6.07) is 1.60. The van der Waals surface area contributed by atoms with Gasteiger partial charge in [-0.05, 0) is 0 Å². The summed E-state index contributed by atoms with van der Waals surface area (Å²) in [7, 11) is 0. The van der Waals surface area contributed by atoms with Crippen LogP contribution in [0.2, 0.25) is 0 Å². The maximum absolute atomic E-state index is 11.0. The van der Waals surface area contributed by atoms with Crippen LogP contribution in [0.15, 0.2) is 16.9 Å². The Morgan fingerprint density at radius 1 is 1.77 bits per heavy atom.